The van der Waals surface area contributed by atoms with Crippen molar-refractivity contribution in [1.29, 1.82) is 0 Å². The van der Waals surface area contributed by atoms with Crippen LogP contribution in [0.2, 0.25) is 0 Å². The van der Waals surface area contributed by atoms with Gasteiger partial charge in [-0.1, -0.05) is 19.9 Å². The highest BCUT2D eigenvalue weighted by atomic mass is 19.1. The molecule has 0 spiro atoms. The van der Waals surface area contributed by atoms with Crippen LogP contribution >= 0.6 is 0 Å². The van der Waals surface area contributed by atoms with E-state index in [9.17, 15) is 19.6 Å². The quantitative estimate of drug-likeness (QED) is 0.590. The number of aliphatic hydroxyl groups is 1. The van der Waals surface area contributed by atoms with E-state index in [1.165, 1.54) is 18.2 Å². The van der Waals surface area contributed by atoms with Gasteiger partial charge in [-0.05, 0) is 18.9 Å². The van der Waals surface area contributed by atoms with Gasteiger partial charge < -0.3 is 10.4 Å². The van der Waals surface area contributed by atoms with E-state index in [0.29, 0.717) is 12.8 Å². The molecule has 0 saturated carbocycles. The van der Waals surface area contributed by atoms with E-state index in [1.54, 1.807) is 0 Å². The Hall–Kier alpha value is -1.69. The fourth-order valence-electron chi connectivity index (χ4n) is 1.90. The average Bonchev–Trinajstić information content (AvgIpc) is 2.42. The molecule has 0 bridgehead atoms. The van der Waals surface area contributed by atoms with E-state index in [1.807, 2.05) is 13.8 Å². The number of nitro groups is 1. The molecule has 2 N–H and O–H groups in total. The van der Waals surface area contributed by atoms with Crippen molar-refractivity contribution in [2.24, 2.45) is 5.41 Å². The molecule has 0 radical (unpaired) electrons. The highest BCUT2D eigenvalue weighted by Gasteiger charge is 2.27. The summed E-state index contributed by atoms with van der Waals surface area (Å²) in [6.45, 7) is 4.10. The molecule has 106 valence electrons. The van der Waals surface area contributed by atoms with Gasteiger partial charge in [-0.15, -0.1) is 0 Å². The van der Waals surface area contributed by atoms with Crippen LogP contribution in [-0.2, 0) is 0 Å². The molecular formula is C13H19FN2O3. The van der Waals surface area contributed by atoms with E-state index in [-0.39, 0.29) is 24.5 Å². The van der Waals surface area contributed by atoms with Crippen molar-refractivity contribution in [2.75, 3.05) is 18.5 Å². The summed E-state index contributed by atoms with van der Waals surface area (Å²) in [4.78, 5) is 10.2. The van der Waals surface area contributed by atoms with Gasteiger partial charge in [0.05, 0.1) is 11.5 Å². The number of nitro benzene ring substituents is 1. The van der Waals surface area contributed by atoms with E-state index in [2.05, 4.69) is 5.32 Å². The van der Waals surface area contributed by atoms with Gasteiger partial charge >= 0.3 is 0 Å². The molecule has 0 aromatic heterocycles. The van der Waals surface area contributed by atoms with E-state index in [0.717, 1.165) is 0 Å². The van der Waals surface area contributed by atoms with Crippen molar-refractivity contribution in [3.05, 3.63) is 34.1 Å². The standard InChI is InChI=1S/C13H19FN2O3/c1-3-13(4-2,9-17)8-15-12-10(14)6-5-7-11(12)16(18)19/h5-7,15,17H,3-4,8-9H2,1-2H3. The Morgan fingerprint density at radius 3 is 2.53 bits per heavy atom. The van der Waals surface area contributed by atoms with Crippen molar-refractivity contribution in [3.63, 3.8) is 0 Å². The number of benzene rings is 1. The number of nitrogens with zero attached hydrogens (tertiary/aromatic N) is 1. The molecule has 0 unspecified atom stereocenters. The van der Waals surface area contributed by atoms with Gasteiger partial charge in [-0.2, -0.15) is 0 Å². The lowest BCUT2D eigenvalue weighted by Crippen LogP contribution is -2.32. The Morgan fingerprint density at radius 2 is 2.05 bits per heavy atom. The summed E-state index contributed by atoms with van der Waals surface area (Å²) in [7, 11) is 0. The molecule has 0 aliphatic carbocycles. The molecule has 6 heteroatoms. The van der Waals surface area contributed by atoms with Crippen LogP contribution in [0.25, 0.3) is 0 Å². The summed E-state index contributed by atoms with van der Waals surface area (Å²) in [5, 5.41) is 23.1. The lowest BCUT2D eigenvalue weighted by Gasteiger charge is -2.29. The minimum absolute atomic E-state index is 0.0464. The molecule has 0 atom stereocenters. The van der Waals surface area contributed by atoms with E-state index in [4.69, 9.17) is 0 Å². The van der Waals surface area contributed by atoms with Gasteiger partial charge in [0.2, 0.25) is 0 Å². The molecule has 0 fully saturated rings. The Balaban J connectivity index is 2.97. The van der Waals surface area contributed by atoms with Crippen LogP contribution in [0.3, 0.4) is 0 Å². The predicted octanol–water partition coefficient (Wildman–Crippen LogP) is 2.94. The van der Waals surface area contributed by atoms with Gasteiger partial charge in [0.25, 0.3) is 5.69 Å². The van der Waals surface area contributed by atoms with Crippen LogP contribution < -0.4 is 5.32 Å². The first-order valence-electron chi connectivity index (χ1n) is 6.27. The SMILES string of the molecule is CCC(CC)(CO)CNc1c(F)cccc1[N+](=O)[O-]. The van der Waals surface area contributed by atoms with Crippen molar-refractivity contribution in [2.45, 2.75) is 26.7 Å². The van der Waals surface area contributed by atoms with E-state index < -0.39 is 16.2 Å². The lowest BCUT2D eigenvalue weighted by molar-refractivity contribution is -0.384. The maximum Gasteiger partial charge on any atom is 0.295 e. The third-order valence-corrected chi connectivity index (χ3v) is 3.66. The number of hydrogen-bond acceptors (Lipinski definition) is 4. The monoisotopic (exact) mass is 270 g/mol. The predicted molar refractivity (Wildman–Crippen MR) is 71.6 cm³/mol. The van der Waals surface area contributed by atoms with Gasteiger partial charge in [0.15, 0.2) is 5.82 Å². The molecule has 0 amide bonds. The number of rotatable bonds is 7. The fourth-order valence-corrected chi connectivity index (χ4v) is 1.90. The first kappa shape index (κ1) is 15.4. The molecule has 0 heterocycles. The maximum absolute atomic E-state index is 13.7. The molecule has 1 rings (SSSR count). The van der Waals surface area contributed by atoms with Crippen LogP contribution in [0.4, 0.5) is 15.8 Å². The van der Waals surface area contributed by atoms with Crippen LogP contribution in [0.1, 0.15) is 26.7 Å². The summed E-state index contributed by atoms with van der Waals surface area (Å²) in [5.41, 5.74) is -0.804. The summed E-state index contributed by atoms with van der Waals surface area (Å²) in [6, 6.07) is 3.73. The minimum Gasteiger partial charge on any atom is -0.396 e. The molecule has 1 aromatic rings. The van der Waals surface area contributed by atoms with Gasteiger partial charge in [0.1, 0.15) is 5.69 Å². The zero-order valence-electron chi connectivity index (χ0n) is 11.1. The minimum atomic E-state index is -0.659. The molecule has 19 heavy (non-hydrogen) atoms. The third kappa shape index (κ3) is 3.41. The zero-order chi connectivity index (χ0) is 14.5. The molecule has 0 aliphatic heterocycles. The Bertz CT molecular complexity index is 439. The Morgan fingerprint density at radius 1 is 1.42 bits per heavy atom. The first-order valence-corrected chi connectivity index (χ1v) is 6.27. The summed E-state index contributed by atoms with van der Waals surface area (Å²) < 4.78 is 13.7. The molecule has 5 nitrogen and oxygen atoms in total. The molecule has 0 aliphatic rings. The Kier molecular flexibility index (Phi) is 5.23. The van der Waals surface area contributed by atoms with E-state index >= 15 is 0 Å². The Labute approximate surface area is 111 Å². The van der Waals surface area contributed by atoms with Crippen LogP contribution in [0, 0.1) is 21.3 Å². The van der Waals surface area contributed by atoms with Gasteiger partial charge in [-0.3, -0.25) is 10.1 Å². The van der Waals surface area contributed by atoms with Crippen molar-refractivity contribution >= 4 is 11.4 Å². The first-order chi connectivity index (χ1) is 8.99. The van der Waals surface area contributed by atoms with Crippen molar-refractivity contribution in [1.82, 2.24) is 0 Å². The second-order valence-electron chi connectivity index (χ2n) is 4.61. The molecule has 0 saturated heterocycles. The van der Waals surface area contributed by atoms with Crippen molar-refractivity contribution < 1.29 is 14.4 Å². The van der Waals surface area contributed by atoms with Crippen LogP contribution in [0.5, 0.6) is 0 Å². The number of halogens is 1. The summed E-state index contributed by atoms with van der Waals surface area (Å²) >= 11 is 0. The second-order valence-corrected chi connectivity index (χ2v) is 4.61. The number of hydrogen-bond donors (Lipinski definition) is 2. The number of para-hydroxylation sites is 1. The zero-order valence-corrected chi connectivity index (χ0v) is 11.1. The molecular weight excluding hydrogens is 251 g/mol. The summed E-state index contributed by atoms with van der Waals surface area (Å²) in [5.74, 6) is -0.659. The highest BCUT2D eigenvalue weighted by molar-refractivity contribution is 5.62. The lowest BCUT2D eigenvalue weighted by atomic mass is 9.83. The smallest absolute Gasteiger partial charge is 0.295 e. The largest absolute Gasteiger partial charge is 0.396 e. The average molecular weight is 270 g/mol. The van der Waals surface area contributed by atoms with Crippen LogP contribution in [-0.4, -0.2) is 23.2 Å². The van der Waals surface area contributed by atoms with Gasteiger partial charge in [-0.25, -0.2) is 4.39 Å². The molecule has 1 aromatic carbocycles. The van der Waals surface area contributed by atoms with Crippen LogP contribution in [0.15, 0.2) is 18.2 Å². The number of anilines is 1. The normalized spacial score (nSPS) is 11.4. The van der Waals surface area contributed by atoms with Crippen molar-refractivity contribution in [3.8, 4) is 0 Å². The summed E-state index contributed by atoms with van der Waals surface area (Å²) in [6.07, 6.45) is 1.41. The maximum atomic E-state index is 13.7. The highest BCUT2D eigenvalue weighted by Crippen LogP contribution is 2.31. The topological polar surface area (TPSA) is 75.4 Å². The number of aliphatic hydroxyl groups excluding tert-OH is 1. The third-order valence-electron chi connectivity index (χ3n) is 3.66. The van der Waals surface area contributed by atoms with Gasteiger partial charge in [0, 0.05) is 18.0 Å². The fraction of sp³-hybridized carbons (Fsp3) is 0.538. The second kappa shape index (κ2) is 6.47. The number of nitrogens with one attached hydrogen (secondary N) is 1.